The minimum atomic E-state index is -0.488. The highest BCUT2D eigenvalue weighted by Gasteiger charge is 2.23. The van der Waals surface area contributed by atoms with Gasteiger partial charge in [-0.25, -0.2) is 4.79 Å². The number of nitriles is 1. The van der Waals surface area contributed by atoms with Crippen molar-refractivity contribution < 1.29 is 9.53 Å². The summed E-state index contributed by atoms with van der Waals surface area (Å²) in [5.41, 5.74) is 6.34. The van der Waals surface area contributed by atoms with Gasteiger partial charge in [-0.15, -0.1) is 11.3 Å². The Balaban J connectivity index is 2.86. The molecule has 3 N–H and O–H groups in total. The molecule has 0 aromatic carbocycles. The molecule has 0 bridgehead atoms. The zero-order valence-electron chi connectivity index (χ0n) is 12.7. The number of nitrogens with zero attached hydrogens (tertiary/aromatic N) is 2. The number of carbonyl (C=O) groups excluding carboxylic acids is 1. The van der Waals surface area contributed by atoms with Crippen LogP contribution < -0.4 is 11.1 Å². The van der Waals surface area contributed by atoms with E-state index in [0.717, 1.165) is 19.6 Å². The van der Waals surface area contributed by atoms with Crippen molar-refractivity contribution in [1.82, 2.24) is 4.90 Å². The maximum Gasteiger partial charge on any atom is 0.343 e. The number of nitrogens with one attached hydrogen (secondary N) is 1. The Kier molecular flexibility index (Phi) is 6.99. The third-order valence-corrected chi connectivity index (χ3v) is 4.20. The van der Waals surface area contributed by atoms with Gasteiger partial charge in [-0.1, -0.05) is 13.8 Å². The number of carbonyl (C=O) groups is 1. The van der Waals surface area contributed by atoms with Gasteiger partial charge in [-0.3, -0.25) is 0 Å². The van der Waals surface area contributed by atoms with Gasteiger partial charge in [-0.05, 0) is 20.0 Å². The van der Waals surface area contributed by atoms with Crippen molar-refractivity contribution in [3.63, 3.8) is 0 Å². The molecule has 0 aliphatic heterocycles. The molecular weight excluding hydrogens is 288 g/mol. The topological polar surface area (TPSA) is 91.4 Å². The van der Waals surface area contributed by atoms with Gasteiger partial charge in [0.05, 0.1) is 12.3 Å². The SMILES string of the molecule is CCOC(=O)c1c(NCCN(CC)CC)sc(C#N)c1N. The highest BCUT2D eigenvalue weighted by Crippen LogP contribution is 2.35. The first kappa shape index (κ1) is 17.3. The van der Waals surface area contributed by atoms with Crippen LogP contribution in [-0.2, 0) is 4.74 Å². The van der Waals surface area contributed by atoms with Crippen LogP contribution in [0.3, 0.4) is 0 Å². The molecule has 1 rings (SSSR count). The molecular formula is C14H22N4O2S. The van der Waals surface area contributed by atoms with Crippen molar-refractivity contribution in [3.05, 3.63) is 10.4 Å². The molecule has 0 amide bonds. The van der Waals surface area contributed by atoms with Crippen LogP contribution >= 0.6 is 11.3 Å². The second-order valence-electron chi connectivity index (χ2n) is 4.33. The first-order valence-electron chi connectivity index (χ1n) is 7.04. The van der Waals surface area contributed by atoms with Gasteiger partial charge in [0.1, 0.15) is 21.5 Å². The molecule has 6 nitrogen and oxygen atoms in total. The van der Waals surface area contributed by atoms with Crippen LogP contribution in [0.25, 0.3) is 0 Å². The predicted octanol–water partition coefficient (Wildman–Crippen LogP) is 2.13. The monoisotopic (exact) mass is 310 g/mol. The summed E-state index contributed by atoms with van der Waals surface area (Å²) >= 11 is 1.19. The molecule has 7 heteroatoms. The fraction of sp³-hybridized carbons (Fsp3) is 0.571. The van der Waals surface area contributed by atoms with E-state index in [-0.39, 0.29) is 17.9 Å². The zero-order chi connectivity index (χ0) is 15.8. The van der Waals surface area contributed by atoms with E-state index >= 15 is 0 Å². The number of hydrogen-bond acceptors (Lipinski definition) is 7. The number of anilines is 2. The van der Waals surface area contributed by atoms with Gasteiger partial charge in [-0.2, -0.15) is 5.26 Å². The summed E-state index contributed by atoms with van der Waals surface area (Å²) in [6.45, 7) is 9.69. The summed E-state index contributed by atoms with van der Waals surface area (Å²) in [7, 11) is 0. The second kappa shape index (κ2) is 8.49. The summed E-state index contributed by atoms with van der Waals surface area (Å²) in [4.78, 5) is 14.6. The lowest BCUT2D eigenvalue weighted by molar-refractivity contribution is 0.0529. The summed E-state index contributed by atoms with van der Waals surface area (Å²) in [5.74, 6) is -0.488. The number of ether oxygens (including phenoxy) is 1. The first-order chi connectivity index (χ1) is 10.1. The smallest absolute Gasteiger partial charge is 0.343 e. The standard InChI is InChI=1S/C14H22N4O2S/c1-4-18(5-2)8-7-17-13-11(14(19)20-6-3)12(16)10(9-15)21-13/h17H,4-8,16H2,1-3H3. The van der Waals surface area contributed by atoms with E-state index in [9.17, 15) is 4.79 Å². The van der Waals surface area contributed by atoms with Crippen LogP contribution in [-0.4, -0.2) is 43.7 Å². The largest absolute Gasteiger partial charge is 0.462 e. The summed E-state index contributed by atoms with van der Waals surface area (Å²) in [5, 5.41) is 12.8. The zero-order valence-corrected chi connectivity index (χ0v) is 13.5. The van der Waals surface area contributed by atoms with Gasteiger partial charge in [0, 0.05) is 13.1 Å². The van der Waals surface area contributed by atoms with Gasteiger partial charge in [0.2, 0.25) is 0 Å². The third-order valence-electron chi connectivity index (χ3n) is 3.13. The molecule has 1 aromatic heterocycles. The molecule has 1 aromatic rings. The van der Waals surface area contributed by atoms with Crippen LogP contribution in [0.4, 0.5) is 10.7 Å². The van der Waals surface area contributed by atoms with Gasteiger partial charge < -0.3 is 20.7 Å². The van der Waals surface area contributed by atoms with Crippen LogP contribution in [0.5, 0.6) is 0 Å². The molecule has 1 heterocycles. The lowest BCUT2D eigenvalue weighted by atomic mass is 10.2. The van der Waals surface area contributed by atoms with E-state index in [4.69, 9.17) is 15.7 Å². The molecule has 0 fully saturated rings. The third kappa shape index (κ3) is 4.34. The molecule has 0 saturated heterocycles. The molecule has 0 atom stereocenters. The second-order valence-corrected chi connectivity index (χ2v) is 5.36. The predicted molar refractivity (Wildman–Crippen MR) is 85.7 cm³/mol. The van der Waals surface area contributed by atoms with E-state index in [2.05, 4.69) is 24.1 Å². The number of hydrogen-bond donors (Lipinski definition) is 2. The maximum absolute atomic E-state index is 12.0. The van der Waals surface area contributed by atoms with Crippen LogP contribution in [0.1, 0.15) is 36.0 Å². The minimum Gasteiger partial charge on any atom is -0.462 e. The van der Waals surface area contributed by atoms with Crippen LogP contribution in [0.15, 0.2) is 0 Å². The number of thiophene rings is 1. The summed E-state index contributed by atoms with van der Waals surface area (Å²) < 4.78 is 5.00. The fourth-order valence-corrected chi connectivity index (χ4v) is 2.86. The molecule has 0 radical (unpaired) electrons. The number of rotatable bonds is 8. The lowest BCUT2D eigenvalue weighted by Gasteiger charge is -2.18. The lowest BCUT2D eigenvalue weighted by Crippen LogP contribution is -2.28. The molecule has 116 valence electrons. The van der Waals surface area contributed by atoms with Crippen LogP contribution in [0, 0.1) is 11.3 Å². The van der Waals surface area contributed by atoms with E-state index in [1.807, 2.05) is 6.07 Å². The number of nitrogens with two attached hydrogens (primary N) is 1. The quantitative estimate of drug-likeness (QED) is 0.715. The van der Waals surface area contributed by atoms with Crippen molar-refractivity contribution in [2.45, 2.75) is 20.8 Å². The Hall–Kier alpha value is -1.78. The highest BCUT2D eigenvalue weighted by molar-refractivity contribution is 7.17. The normalized spacial score (nSPS) is 10.4. The molecule has 0 aliphatic rings. The summed E-state index contributed by atoms with van der Waals surface area (Å²) in [6, 6.07) is 2.01. The Labute approximate surface area is 129 Å². The highest BCUT2D eigenvalue weighted by atomic mass is 32.1. The molecule has 0 unspecified atom stereocenters. The molecule has 21 heavy (non-hydrogen) atoms. The van der Waals surface area contributed by atoms with E-state index in [0.29, 0.717) is 16.4 Å². The Bertz CT molecular complexity index is 518. The van der Waals surface area contributed by atoms with Gasteiger partial charge >= 0.3 is 5.97 Å². The average Bonchev–Trinajstić information content (AvgIpc) is 2.80. The van der Waals surface area contributed by atoms with Gasteiger partial charge in [0.25, 0.3) is 0 Å². The first-order valence-corrected chi connectivity index (χ1v) is 7.86. The van der Waals surface area contributed by atoms with E-state index in [1.165, 1.54) is 11.3 Å². The van der Waals surface area contributed by atoms with Crippen molar-refractivity contribution >= 4 is 28.0 Å². The molecule has 0 aliphatic carbocycles. The van der Waals surface area contributed by atoms with Crippen molar-refractivity contribution in [2.24, 2.45) is 0 Å². The average molecular weight is 310 g/mol. The summed E-state index contributed by atoms with van der Waals surface area (Å²) in [6.07, 6.45) is 0. The Morgan fingerprint density at radius 2 is 2.10 bits per heavy atom. The van der Waals surface area contributed by atoms with E-state index < -0.39 is 5.97 Å². The molecule has 0 spiro atoms. The fourth-order valence-electron chi connectivity index (χ4n) is 1.92. The Morgan fingerprint density at radius 1 is 1.43 bits per heavy atom. The van der Waals surface area contributed by atoms with Crippen molar-refractivity contribution in [1.29, 1.82) is 5.26 Å². The number of esters is 1. The van der Waals surface area contributed by atoms with Gasteiger partial charge in [0.15, 0.2) is 0 Å². The van der Waals surface area contributed by atoms with Crippen LogP contribution in [0.2, 0.25) is 0 Å². The number of nitrogen functional groups attached to an aromatic ring is 1. The number of likely N-dealkylation sites (N-methyl/N-ethyl adjacent to an activating group) is 1. The Morgan fingerprint density at radius 3 is 2.62 bits per heavy atom. The minimum absolute atomic E-state index is 0.200. The van der Waals surface area contributed by atoms with Crippen molar-refractivity contribution in [3.8, 4) is 6.07 Å². The van der Waals surface area contributed by atoms with E-state index in [1.54, 1.807) is 6.92 Å². The van der Waals surface area contributed by atoms with Crippen molar-refractivity contribution in [2.75, 3.05) is 43.8 Å². The molecule has 0 saturated carbocycles. The maximum atomic E-state index is 12.0.